The van der Waals surface area contributed by atoms with Gasteiger partial charge in [-0.2, -0.15) is 0 Å². The highest BCUT2D eigenvalue weighted by atomic mass is 32.2. The van der Waals surface area contributed by atoms with E-state index in [4.69, 9.17) is 0 Å². The zero-order chi connectivity index (χ0) is 11.0. The summed E-state index contributed by atoms with van der Waals surface area (Å²) in [5, 5.41) is 4.64. The second-order valence-corrected chi connectivity index (χ2v) is 4.19. The lowest BCUT2D eigenvalue weighted by atomic mass is 9.80. The van der Waals surface area contributed by atoms with Gasteiger partial charge in [0.1, 0.15) is 0 Å². The Balaban J connectivity index is 3.47. The van der Waals surface area contributed by atoms with Crippen LogP contribution in [0.4, 0.5) is 12.9 Å². The Morgan fingerprint density at radius 2 is 1.64 bits per heavy atom. The molecule has 0 aromatic heterocycles. The number of rotatable bonds is 2. The van der Waals surface area contributed by atoms with E-state index < -0.39 is 27.4 Å². The summed E-state index contributed by atoms with van der Waals surface area (Å²) >= 11 is 0. The van der Waals surface area contributed by atoms with E-state index in [0.717, 1.165) is 12.1 Å². The summed E-state index contributed by atoms with van der Waals surface area (Å²) in [6.07, 6.45) is 0. The van der Waals surface area contributed by atoms with Crippen LogP contribution in [0.15, 0.2) is 29.2 Å². The van der Waals surface area contributed by atoms with Crippen LogP contribution in [0.2, 0.25) is 0 Å². The Kier molecular flexibility index (Phi) is 2.59. The fourth-order valence-electron chi connectivity index (χ4n) is 1.01. The van der Waals surface area contributed by atoms with E-state index in [1.165, 1.54) is 6.07 Å². The third-order valence-corrected chi connectivity index (χ3v) is 2.56. The summed E-state index contributed by atoms with van der Waals surface area (Å²) in [4.78, 5) is -0.882. The van der Waals surface area contributed by atoms with Gasteiger partial charge in [-0.15, -0.1) is 0 Å². The number of sulfonamides is 1. The van der Waals surface area contributed by atoms with Gasteiger partial charge < -0.3 is 12.9 Å². The number of benzene rings is 1. The molecule has 0 atom stereocenters. The standard InChI is InChI=1S/C6H6BF3NO2S/c8-7(9,10)5-3-1-2-4-6(5)14(11,12)13/h1-4H,(H2,11,12,13)/q-1. The first-order valence-corrected chi connectivity index (χ1v) is 5.09. The monoisotopic (exact) mass is 224 g/mol. The molecule has 0 fully saturated rings. The summed E-state index contributed by atoms with van der Waals surface area (Å²) in [5.74, 6) is 0. The van der Waals surface area contributed by atoms with Gasteiger partial charge in [-0.25, -0.2) is 13.6 Å². The smallest absolute Gasteiger partial charge is 0.445 e. The van der Waals surface area contributed by atoms with Crippen LogP contribution in [0.3, 0.4) is 0 Å². The van der Waals surface area contributed by atoms with Crippen LogP contribution in [0, 0.1) is 0 Å². The molecule has 1 aromatic carbocycles. The van der Waals surface area contributed by atoms with Gasteiger partial charge in [0.2, 0.25) is 10.0 Å². The van der Waals surface area contributed by atoms with Crippen molar-refractivity contribution < 1.29 is 21.4 Å². The van der Waals surface area contributed by atoms with Crippen LogP contribution >= 0.6 is 0 Å². The average molecular weight is 224 g/mol. The molecule has 0 bridgehead atoms. The third-order valence-electron chi connectivity index (χ3n) is 1.58. The molecule has 1 rings (SSSR count). The quantitative estimate of drug-likeness (QED) is 0.738. The van der Waals surface area contributed by atoms with Crippen LogP contribution in [0.25, 0.3) is 0 Å². The van der Waals surface area contributed by atoms with Gasteiger partial charge in [-0.05, 0) is 6.07 Å². The first-order valence-electron chi connectivity index (χ1n) is 3.54. The Labute approximate surface area is 78.8 Å². The van der Waals surface area contributed by atoms with Crippen molar-refractivity contribution in [1.82, 2.24) is 0 Å². The normalized spacial score (nSPS) is 12.9. The van der Waals surface area contributed by atoms with Gasteiger partial charge >= 0.3 is 6.98 Å². The molecule has 2 N–H and O–H groups in total. The maximum atomic E-state index is 12.3. The second-order valence-electron chi connectivity index (χ2n) is 2.66. The fourth-order valence-corrected chi connectivity index (χ4v) is 1.81. The molecule has 0 heterocycles. The number of nitrogens with two attached hydrogens (primary N) is 1. The Hall–Kier alpha value is -1.02. The zero-order valence-electron chi connectivity index (χ0n) is 6.82. The molecular formula is C6H6BF3NO2S-. The molecule has 3 nitrogen and oxygen atoms in total. The number of hydrogen-bond donors (Lipinski definition) is 1. The molecule has 0 saturated heterocycles. The lowest BCUT2D eigenvalue weighted by Crippen LogP contribution is -2.39. The molecule has 1 aromatic rings. The summed E-state index contributed by atoms with van der Waals surface area (Å²) in [6, 6.07) is 3.82. The fraction of sp³-hybridized carbons (Fsp3) is 0. The van der Waals surface area contributed by atoms with Crippen molar-refractivity contribution in [2.75, 3.05) is 0 Å². The summed E-state index contributed by atoms with van der Waals surface area (Å²) in [5.41, 5.74) is -1.19. The predicted octanol–water partition coefficient (Wildman–Crippen LogP) is 0.388. The topological polar surface area (TPSA) is 60.2 Å². The van der Waals surface area contributed by atoms with Crippen molar-refractivity contribution in [2.45, 2.75) is 4.90 Å². The van der Waals surface area contributed by atoms with Crippen molar-refractivity contribution in [3.63, 3.8) is 0 Å². The van der Waals surface area contributed by atoms with Crippen LogP contribution in [-0.4, -0.2) is 15.4 Å². The average Bonchev–Trinajstić information content (AvgIpc) is 2.01. The lowest BCUT2D eigenvalue weighted by molar-refractivity contribution is 0.498. The maximum absolute atomic E-state index is 12.3. The van der Waals surface area contributed by atoms with Crippen LogP contribution in [0.5, 0.6) is 0 Å². The van der Waals surface area contributed by atoms with Crippen LogP contribution < -0.4 is 10.6 Å². The van der Waals surface area contributed by atoms with Gasteiger partial charge in [0.15, 0.2) is 0 Å². The molecule has 0 amide bonds. The van der Waals surface area contributed by atoms with Crippen LogP contribution in [-0.2, 0) is 10.0 Å². The van der Waals surface area contributed by atoms with Gasteiger partial charge in [0, 0.05) is 0 Å². The van der Waals surface area contributed by atoms with Crippen molar-refractivity contribution in [3.05, 3.63) is 24.3 Å². The van der Waals surface area contributed by atoms with Gasteiger partial charge in [0.25, 0.3) is 0 Å². The number of hydrogen-bond acceptors (Lipinski definition) is 2. The third kappa shape index (κ3) is 2.27. The molecule has 0 radical (unpaired) electrons. The first-order chi connectivity index (χ1) is 6.23. The van der Waals surface area contributed by atoms with Gasteiger partial charge in [0.05, 0.1) is 4.90 Å². The number of halogens is 3. The maximum Gasteiger partial charge on any atom is 0.510 e. The Morgan fingerprint density at radius 3 is 2.00 bits per heavy atom. The van der Waals surface area contributed by atoms with E-state index in [1.54, 1.807) is 0 Å². The minimum absolute atomic E-state index is 0.694. The van der Waals surface area contributed by atoms with Crippen molar-refractivity contribution in [3.8, 4) is 0 Å². The SMILES string of the molecule is NS(=O)(=O)c1ccccc1[B-](F)(F)F. The molecule has 0 spiro atoms. The lowest BCUT2D eigenvalue weighted by Gasteiger charge is -2.17. The van der Waals surface area contributed by atoms with Crippen molar-refractivity contribution >= 4 is 22.5 Å². The Morgan fingerprint density at radius 1 is 1.14 bits per heavy atom. The molecule has 8 heteroatoms. The minimum Gasteiger partial charge on any atom is -0.445 e. The van der Waals surface area contributed by atoms with E-state index in [-0.39, 0.29) is 0 Å². The second kappa shape index (κ2) is 3.28. The molecule has 0 saturated carbocycles. The highest BCUT2D eigenvalue weighted by Gasteiger charge is 2.30. The molecule has 0 aliphatic rings. The Bertz CT molecular complexity index is 443. The first kappa shape index (κ1) is 11.1. The highest BCUT2D eigenvalue weighted by molar-refractivity contribution is 7.89. The van der Waals surface area contributed by atoms with Gasteiger partial charge in [-0.1, -0.05) is 23.7 Å². The van der Waals surface area contributed by atoms with Crippen molar-refractivity contribution in [1.29, 1.82) is 0 Å². The molecule has 14 heavy (non-hydrogen) atoms. The van der Waals surface area contributed by atoms with E-state index in [2.05, 4.69) is 5.14 Å². The summed E-state index contributed by atoms with van der Waals surface area (Å²) in [7, 11) is -4.32. The molecule has 0 aliphatic heterocycles. The number of primary sulfonamides is 1. The molecular weight excluding hydrogens is 218 g/mol. The van der Waals surface area contributed by atoms with Crippen LogP contribution in [0.1, 0.15) is 0 Å². The summed E-state index contributed by atoms with van der Waals surface area (Å²) in [6.45, 7) is -5.36. The zero-order valence-corrected chi connectivity index (χ0v) is 7.64. The van der Waals surface area contributed by atoms with Gasteiger partial charge in [-0.3, -0.25) is 0 Å². The van der Waals surface area contributed by atoms with E-state index in [1.807, 2.05) is 0 Å². The van der Waals surface area contributed by atoms with E-state index in [9.17, 15) is 21.4 Å². The molecule has 0 unspecified atom stereocenters. The minimum atomic E-state index is -5.36. The van der Waals surface area contributed by atoms with E-state index >= 15 is 0 Å². The molecule has 78 valence electrons. The summed E-state index contributed by atoms with van der Waals surface area (Å²) < 4.78 is 58.5. The predicted molar refractivity (Wildman–Crippen MR) is 46.5 cm³/mol. The van der Waals surface area contributed by atoms with Crippen molar-refractivity contribution in [2.24, 2.45) is 5.14 Å². The largest absolute Gasteiger partial charge is 0.510 e. The highest BCUT2D eigenvalue weighted by Crippen LogP contribution is 2.14. The molecule has 0 aliphatic carbocycles. The van der Waals surface area contributed by atoms with E-state index in [0.29, 0.717) is 6.07 Å².